The number of carbonyl (C=O) groups is 1. The summed E-state index contributed by atoms with van der Waals surface area (Å²) in [4.78, 5) is 14.3. The molecule has 0 spiro atoms. The lowest BCUT2D eigenvalue weighted by Gasteiger charge is -2.38. The number of hydrogen-bond acceptors (Lipinski definition) is 7. The van der Waals surface area contributed by atoms with Crippen molar-refractivity contribution in [3.63, 3.8) is 0 Å². The van der Waals surface area contributed by atoms with Gasteiger partial charge >= 0.3 is 6.03 Å². The molecule has 0 radical (unpaired) electrons. The fourth-order valence-corrected chi connectivity index (χ4v) is 5.40. The Morgan fingerprint density at radius 3 is 2.16 bits per heavy atom. The number of phenols is 1. The third-order valence-electron chi connectivity index (χ3n) is 7.87. The third kappa shape index (κ3) is 9.37. The van der Waals surface area contributed by atoms with E-state index in [1.807, 2.05) is 90.8 Å². The van der Waals surface area contributed by atoms with Crippen LogP contribution in [0.2, 0.25) is 0 Å². The Hall–Kier alpha value is -4.25. The Balaban J connectivity index is 1.21. The van der Waals surface area contributed by atoms with Crippen LogP contribution in [0.3, 0.4) is 0 Å². The average Bonchev–Trinajstić information content (AvgIpc) is 3.07. The first-order chi connectivity index (χ1) is 21.9. The molecule has 4 unspecified atom stereocenters. The molecule has 0 saturated carbocycles. The number of ether oxygens (including phenoxy) is 2. The summed E-state index contributed by atoms with van der Waals surface area (Å²) in [5.74, 6) is 0.119. The van der Waals surface area contributed by atoms with E-state index >= 15 is 0 Å². The van der Waals surface area contributed by atoms with Crippen molar-refractivity contribution < 1.29 is 29.6 Å². The summed E-state index contributed by atoms with van der Waals surface area (Å²) in [6.07, 6.45) is -1.20. The van der Waals surface area contributed by atoms with Gasteiger partial charge in [-0.1, -0.05) is 91.0 Å². The molecule has 2 amide bonds. The Bertz CT molecular complexity index is 1500. The molecule has 1 aliphatic rings. The van der Waals surface area contributed by atoms with Crippen molar-refractivity contribution in [1.82, 2.24) is 15.5 Å². The minimum Gasteiger partial charge on any atom is -0.508 e. The van der Waals surface area contributed by atoms with E-state index in [4.69, 9.17) is 9.47 Å². The molecule has 236 valence electrons. The fourth-order valence-electron chi connectivity index (χ4n) is 5.40. The van der Waals surface area contributed by atoms with Gasteiger partial charge in [-0.3, -0.25) is 0 Å². The van der Waals surface area contributed by atoms with Crippen molar-refractivity contribution in [2.24, 2.45) is 0 Å². The number of benzene rings is 4. The van der Waals surface area contributed by atoms with Gasteiger partial charge in [0.1, 0.15) is 5.75 Å². The van der Waals surface area contributed by atoms with Gasteiger partial charge in [0.15, 0.2) is 6.29 Å². The predicted molar refractivity (Wildman–Crippen MR) is 171 cm³/mol. The van der Waals surface area contributed by atoms with Crippen LogP contribution in [-0.2, 0) is 29.2 Å². The Morgan fingerprint density at radius 2 is 1.49 bits per heavy atom. The molecule has 0 aliphatic carbocycles. The van der Waals surface area contributed by atoms with Gasteiger partial charge in [0.25, 0.3) is 0 Å². The highest BCUT2D eigenvalue weighted by molar-refractivity contribution is 5.73. The number of carbonyl (C=O) groups excluding carboxylic acids is 1. The molecule has 5 N–H and O–H groups in total. The van der Waals surface area contributed by atoms with Gasteiger partial charge in [0.2, 0.25) is 0 Å². The molecule has 9 heteroatoms. The second kappa shape index (κ2) is 15.7. The van der Waals surface area contributed by atoms with Crippen LogP contribution >= 0.6 is 0 Å². The molecule has 0 bridgehead atoms. The van der Waals surface area contributed by atoms with Gasteiger partial charge in [-0.15, -0.1) is 0 Å². The van der Waals surface area contributed by atoms with Crippen molar-refractivity contribution >= 4 is 6.03 Å². The van der Waals surface area contributed by atoms with Crippen molar-refractivity contribution in [1.29, 1.82) is 0 Å². The van der Waals surface area contributed by atoms with Crippen LogP contribution in [0.15, 0.2) is 103 Å². The van der Waals surface area contributed by atoms with Crippen LogP contribution in [0.5, 0.6) is 5.75 Å². The van der Waals surface area contributed by atoms with Gasteiger partial charge in [-0.25, -0.2) is 4.79 Å². The van der Waals surface area contributed by atoms with Crippen LogP contribution in [0.1, 0.15) is 58.3 Å². The maximum absolute atomic E-state index is 12.3. The number of aliphatic hydroxyl groups excluding tert-OH is 2. The highest BCUT2D eigenvalue weighted by Gasteiger charge is 2.33. The first-order valence-electron chi connectivity index (χ1n) is 15.2. The number of nitrogens with one attached hydrogen (secondary N) is 2. The Morgan fingerprint density at radius 1 is 0.844 bits per heavy atom. The topological polar surface area (TPSA) is 124 Å². The number of rotatable bonds is 12. The molecule has 1 heterocycles. The SMILES string of the molecule is CN(CC1CC(c2ccc(CO)cc2)OC(c2ccc(CNC(=O)NCc3ccccc3)cc2)O1)CC(O)c1cccc(O)c1. The minimum absolute atomic E-state index is 0.0254. The van der Waals surface area contributed by atoms with Crippen LogP contribution in [0.4, 0.5) is 4.79 Å². The number of aromatic hydroxyl groups is 1. The number of aliphatic hydroxyl groups is 2. The van der Waals surface area contributed by atoms with Gasteiger partial charge in [0, 0.05) is 38.2 Å². The molecular weight excluding hydrogens is 570 g/mol. The van der Waals surface area contributed by atoms with E-state index < -0.39 is 12.4 Å². The number of hydrogen-bond donors (Lipinski definition) is 5. The van der Waals surface area contributed by atoms with Gasteiger partial charge < -0.3 is 40.3 Å². The number of amides is 2. The van der Waals surface area contributed by atoms with Crippen LogP contribution < -0.4 is 10.6 Å². The van der Waals surface area contributed by atoms with Crippen LogP contribution in [0.25, 0.3) is 0 Å². The molecule has 4 aromatic rings. The molecular formula is C36H41N3O6. The molecule has 9 nitrogen and oxygen atoms in total. The summed E-state index contributed by atoms with van der Waals surface area (Å²) < 4.78 is 12.9. The lowest BCUT2D eigenvalue weighted by molar-refractivity contribution is -0.252. The summed E-state index contributed by atoms with van der Waals surface area (Å²) in [6.45, 7) is 1.73. The van der Waals surface area contributed by atoms with E-state index in [1.54, 1.807) is 24.3 Å². The second-order valence-corrected chi connectivity index (χ2v) is 11.4. The number of nitrogens with zero attached hydrogens (tertiary/aromatic N) is 1. The normalized spacial score (nSPS) is 18.8. The molecule has 5 rings (SSSR count). The van der Waals surface area contributed by atoms with Crippen molar-refractivity contribution in [3.05, 3.63) is 137 Å². The maximum Gasteiger partial charge on any atom is 0.315 e. The van der Waals surface area contributed by atoms with Crippen molar-refractivity contribution in [3.8, 4) is 5.75 Å². The highest BCUT2D eigenvalue weighted by Crippen LogP contribution is 2.38. The van der Waals surface area contributed by atoms with E-state index in [2.05, 4.69) is 10.6 Å². The average molecular weight is 612 g/mol. The third-order valence-corrected chi connectivity index (χ3v) is 7.87. The van der Waals surface area contributed by atoms with Crippen molar-refractivity contribution in [2.75, 3.05) is 20.1 Å². The van der Waals surface area contributed by atoms with E-state index in [0.717, 1.165) is 27.8 Å². The summed E-state index contributed by atoms with van der Waals surface area (Å²) in [5, 5.41) is 35.8. The predicted octanol–water partition coefficient (Wildman–Crippen LogP) is 5.09. The quantitative estimate of drug-likeness (QED) is 0.151. The molecule has 1 aliphatic heterocycles. The lowest BCUT2D eigenvalue weighted by atomic mass is 9.99. The molecule has 1 saturated heterocycles. The zero-order valence-electron chi connectivity index (χ0n) is 25.4. The molecule has 0 aromatic heterocycles. The van der Waals surface area contributed by atoms with E-state index in [1.165, 1.54) is 0 Å². The molecule has 45 heavy (non-hydrogen) atoms. The zero-order valence-corrected chi connectivity index (χ0v) is 25.4. The highest BCUT2D eigenvalue weighted by atomic mass is 16.7. The van der Waals surface area contributed by atoms with Gasteiger partial charge in [-0.2, -0.15) is 0 Å². The number of phenolic OH excluding ortho intramolecular Hbond substituents is 1. The first-order valence-corrected chi connectivity index (χ1v) is 15.2. The Labute approximate surface area is 264 Å². The lowest BCUT2D eigenvalue weighted by Crippen LogP contribution is -2.39. The molecule has 1 fully saturated rings. The van der Waals surface area contributed by atoms with Crippen LogP contribution in [0, 0.1) is 0 Å². The zero-order chi connectivity index (χ0) is 31.6. The number of likely N-dealkylation sites (N-methyl/N-ethyl adjacent to an activating group) is 1. The summed E-state index contributed by atoms with van der Waals surface area (Å²) in [6, 6.07) is 31.7. The monoisotopic (exact) mass is 611 g/mol. The first kappa shape index (κ1) is 32.2. The largest absolute Gasteiger partial charge is 0.508 e. The van der Waals surface area contributed by atoms with Gasteiger partial charge in [0.05, 0.1) is 24.9 Å². The Kier molecular flexibility index (Phi) is 11.2. The standard InChI is InChI=1S/C36H41N3O6/c1-39(23-33(42)30-8-5-9-31(41)18-30)22-32-19-34(28-14-12-27(24-40)13-15-28)45-35(44-32)29-16-10-26(11-17-29)21-38-36(43)37-20-25-6-3-2-4-7-25/h2-18,32-35,40-42H,19-24H2,1H3,(H2,37,38,43). The van der Waals surface area contributed by atoms with E-state index in [9.17, 15) is 20.1 Å². The summed E-state index contributed by atoms with van der Waals surface area (Å²) in [5.41, 5.74) is 5.31. The van der Waals surface area contributed by atoms with E-state index in [0.29, 0.717) is 38.2 Å². The van der Waals surface area contributed by atoms with Crippen molar-refractivity contribution in [2.45, 2.75) is 50.7 Å². The molecule has 4 aromatic carbocycles. The number of urea groups is 1. The minimum atomic E-state index is -0.763. The maximum atomic E-state index is 12.3. The second-order valence-electron chi connectivity index (χ2n) is 11.4. The fraction of sp³-hybridized carbons (Fsp3) is 0.306. The summed E-state index contributed by atoms with van der Waals surface area (Å²) in [7, 11) is 1.93. The van der Waals surface area contributed by atoms with E-state index in [-0.39, 0.29) is 30.6 Å². The van der Waals surface area contributed by atoms with Gasteiger partial charge in [-0.05, 0) is 47.0 Å². The molecule has 4 atom stereocenters. The van der Waals surface area contributed by atoms with Crippen LogP contribution in [-0.4, -0.2) is 52.5 Å². The summed E-state index contributed by atoms with van der Waals surface area (Å²) >= 11 is 0. The smallest absolute Gasteiger partial charge is 0.315 e.